The molecule has 1 saturated heterocycles. The van der Waals surface area contributed by atoms with E-state index in [0.717, 1.165) is 51.3 Å². The predicted molar refractivity (Wildman–Crippen MR) is 138 cm³/mol. The number of benzene rings is 1. The number of esters is 1. The van der Waals surface area contributed by atoms with E-state index in [-0.39, 0.29) is 47.2 Å². The number of phenolic OH excluding ortho intramolecular Hbond substituents is 2. The van der Waals surface area contributed by atoms with Crippen LogP contribution in [0.4, 0.5) is 0 Å². The number of likely N-dealkylation sites (tertiary alicyclic amines) is 1. The average molecular weight is 499 g/mol. The molecule has 0 aliphatic carbocycles. The minimum Gasteiger partial charge on any atom is -0.508 e. The lowest BCUT2D eigenvalue weighted by molar-refractivity contribution is -0.139. The Kier molecular flexibility index (Phi) is 10.4. The summed E-state index contributed by atoms with van der Waals surface area (Å²) < 4.78 is 5.75. The summed E-state index contributed by atoms with van der Waals surface area (Å²) in [5.41, 5.74) is 3.49. The molecule has 1 aromatic rings. The fourth-order valence-corrected chi connectivity index (χ4v) is 4.37. The Morgan fingerprint density at radius 2 is 1.94 bits per heavy atom. The number of hydroxylamine groups is 1. The Bertz CT molecular complexity index is 994. The van der Waals surface area contributed by atoms with Crippen molar-refractivity contribution in [3.8, 4) is 11.5 Å². The van der Waals surface area contributed by atoms with Crippen molar-refractivity contribution in [1.82, 2.24) is 10.4 Å². The molecular formula is C28H38N2O6. The lowest BCUT2D eigenvalue weighted by Crippen LogP contribution is -2.39. The van der Waals surface area contributed by atoms with Gasteiger partial charge in [-0.25, -0.2) is 4.79 Å². The average Bonchev–Trinajstić information content (AvgIpc) is 2.83. The van der Waals surface area contributed by atoms with Crippen LogP contribution in [0.3, 0.4) is 0 Å². The molecule has 36 heavy (non-hydrogen) atoms. The van der Waals surface area contributed by atoms with Crippen molar-refractivity contribution in [1.29, 1.82) is 0 Å². The topological polar surface area (TPSA) is 108 Å². The molecule has 0 radical (unpaired) electrons. The molecule has 0 saturated carbocycles. The first-order valence-electron chi connectivity index (χ1n) is 12.8. The van der Waals surface area contributed by atoms with Gasteiger partial charge in [0.15, 0.2) is 6.61 Å². The number of hydrogen-bond donors (Lipinski definition) is 3. The first kappa shape index (κ1) is 27.3. The van der Waals surface area contributed by atoms with Gasteiger partial charge < -0.3 is 19.8 Å². The Hall–Kier alpha value is -3.26. The number of cyclic esters (lactones) is 1. The summed E-state index contributed by atoms with van der Waals surface area (Å²) in [6, 6.07) is 2.50. The van der Waals surface area contributed by atoms with Crippen LogP contribution in [0.5, 0.6) is 11.5 Å². The SMILES string of the molecule is CCCC1CC=CC(C)C/C=C/C(NOCC(=O)N2CCCCC2)=C/c2cc(O)cc(O)c2C(=O)O1. The molecule has 0 spiro atoms. The van der Waals surface area contributed by atoms with E-state index in [4.69, 9.17) is 9.57 Å². The third-order valence-corrected chi connectivity index (χ3v) is 6.30. The highest BCUT2D eigenvalue weighted by molar-refractivity contribution is 5.97. The van der Waals surface area contributed by atoms with Gasteiger partial charge in [-0.2, -0.15) is 0 Å². The van der Waals surface area contributed by atoms with Crippen molar-refractivity contribution >= 4 is 18.0 Å². The van der Waals surface area contributed by atoms with Gasteiger partial charge in [-0.15, -0.1) is 0 Å². The second kappa shape index (κ2) is 13.7. The number of phenols is 2. The van der Waals surface area contributed by atoms with Crippen LogP contribution in [0.1, 0.15) is 74.7 Å². The minimum atomic E-state index is -0.666. The zero-order chi connectivity index (χ0) is 25.9. The first-order valence-corrected chi connectivity index (χ1v) is 12.8. The molecule has 0 aromatic heterocycles. The number of ether oxygens (including phenoxy) is 1. The van der Waals surface area contributed by atoms with Crippen molar-refractivity contribution in [3.05, 3.63) is 53.3 Å². The van der Waals surface area contributed by atoms with E-state index in [9.17, 15) is 19.8 Å². The second-order valence-electron chi connectivity index (χ2n) is 9.46. The molecule has 1 aromatic carbocycles. The second-order valence-corrected chi connectivity index (χ2v) is 9.46. The molecule has 196 valence electrons. The van der Waals surface area contributed by atoms with Crippen molar-refractivity contribution in [2.24, 2.45) is 5.92 Å². The smallest absolute Gasteiger partial charge is 0.342 e. The minimum absolute atomic E-state index is 0.0413. The summed E-state index contributed by atoms with van der Waals surface area (Å²) in [7, 11) is 0. The van der Waals surface area contributed by atoms with Gasteiger partial charge in [-0.05, 0) is 61.8 Å². The number of aromatic hydroxyl groups is 2. The fourth-order valence-electron chi connectivity index (χ4n) is 4.37. The summed E-state index contributed by atoms with van der Waals surface area (Å²) in [6.45, 7) is 5.47. The van der Waals surface area contributed by atoms with Crippen molar-refractivity contribution in [3.63, 3.8) is 0 Å². The summed E-state index contributed by atoms with van der Waals surface area (Å²) in [4.78, 5) is 32.9. The Morgan fingerprint density at radius 1 is 1.17 bits per heavy atom. The van der Waals surface area contributed by atoms with Crippen LogP contribution in [0.15, 0.2) is 42.1 Å². The van der Waals surface area contributed by atoms with Gasteiger partial charge in [-0.1, -0.05) is 38.5 Å². The normalized spacial score (nSPS) is 23.6. The molecular weight excluding hydrogens is 460 g/mol. The number of allylic oxidation sites excluding steroid dienone is 3. The first-order chi connectivity index (χ1) is 17.4. The number of piperidine rings is 1. The van der Waals surface area contributed by atoms with Crippen LogP contribution in [-0.4, -0.2) is 52.8 Å². The van der Waals surface area contributed by atoms with E-state index in [1.54, 1.807) is 17.1 Å². The Morgan fingerprint density at radius 3 is 2.69 bits per heavy atom. The molecule has 0 bridgehead atoms. The highest BCUT2D eigenvalue weighted by atomic mass is 16.6. The summed E-state index contributed by atoms with van der Waals surface area (Å²) >= 11 is 0. The van der Waals surface area contributed by atoms with E-state index < -0.39 is 5.97 Å². The van der Waals surface area contributed by atoms with Gasteiger partial charge in [0.25, 0.3) is 5.91 Å². The van der Waals surface area contributed by atoms with E-state index in [1.807, 2.05) is 19.1 Å². The van der Waals surface area contributed by atoms with Crippen molar-refractivity contribution < 1.29 is 29.4 Å². The molecule has 2 aliphatic heterocycles. The number of rotatable bonds is 6. The summed E-state index contributed by atoms with van der Waals surface area (Å²) in [5.74, 6) is -1.05. The largest absolute Gasteiger partial charge is 0.508 e. The molecule has 2 heterocycles. The monoisotopic (exact) mass is 498 g/mol. The highest BCUT2D eigenvalue weighted by Gasteiger charge is 2.22. The van der Waals surface area contributed by atoms with E-state index >= 15 is 0 Å². The van der Waals surface area contributed by atoms with Gasteiger partial charge in [0.1, 0.15) is 23.2 Å². The van der Waals surface area contributed by atoms with E-state index in [0.29, 0.717) is 18.5 Å². The highest BCUT2D eigenvalue weighted by Crippen LogP contribution is 2.30. The molecule has 8 nitrogen and oxygen atoms in total. The number of carbonyl (C=O) groups excluding carboxylic acids is 2. The van der Waals surface area contributed by atoms with Crippen LogP contribution in [0, 0.1) is 5.92 Å². The summed E-state index contributed by atoms with van der Waals surface area (Å²) in [5, 5.41) is 20.6. The van der Waals surface area contributed by atoms with Crippen LogP contribution in [0.2, 0.25) is 0 Å². The predicted octanol–water partition coefficient (Wildman–Crippen LogP) is 4.84. The zero-order valence-electron chi connectivity index (χ0n) is 21.2. The molecule has 1 amide bonds. The fraction of sp³-hybridized carbons (Fsp3) is 0.500. The molecule has 2 aliphatic rings. The van der Waals surface area contributed by atoms with Gasteiger partial charge in [0, 0.05) is 25.6 Å². The number of amides is 1. The Balaban J connectivity index is 1.87. The van der Waals surface area contributed by atoms with Gasteiger partial charge >= 0.3 is 5.97 Å². The standard InChI is InChI=1S/C28H38N2O6/c1-3-9-24-13-8-11-20(2)10-7-12-22(29-35-19-26(33)30-14-5-4-6-15-30)16-21-17-23(31)18-25(32)27(21)28(34)36-24/h7-8,11-12,16-18,20,24,29,31-32H,3-6,9-10,13-15,19H2,1-2H3/b11-8?,12-7+,22-16-. The van der Waals surface area contributed by atoms with Crippen LogP contribution < -0.4 is 5.48 Å². The number of nitrogens with zero attached hydrogens (tertiary/aromatic N) is 1. The maximum Gasteiger partial charge on any atom is 0.342 e. The quantitative estimate of drug-likeness (QED) is 0.293. The number of carbonyl (C=O) groups is 2. The van der Waals surface area contributed by atoms with Crippen molar-refractivity contribution in [2.75, 3.05) is 19.7 Å². The summed E-state index contributed by atoms with van der Waals surface area (Å²) in [6.07, 6.45) is 15.2. The Labute approximate surface area is 213 Å². The molecule has 2 unspecified atom stereocenters. The number of nitrogens with one attached hydrogen (secondary N) is 1. The van der Waals surface area contributed by atoms with Crippen LogP contribution in [0.25, 0.3) is 6.08 Å². The molecule has 1 fully saturated rings. The maximum absolute atomic E-state index is 13.1. The maximum atomic E-state index is 13.1. The van der Waals surface area contributed by atoms with Crippen LogP contribution in [-0.2, 0) is 14.4 Å². The number of hydrogen-bond acceptors (Lipinski definition) is 7. The molecule has 3 rings (SSSR count). The third-order valence-electron chi connectivity index (χ3n) is 6.30. The van der Waals surface area contributed by atoms with Crippen LogP contribution >= 0.6 is 0 Å². The van der Waals surface area contributed by atoms with Gasteiger partial charge in [0.05, 0.1) is 5.70 Å². The zero-order valence-corrected chi connectivity index (χ0v) is 21.2. The van der Waals surface area contributed by atoms with Crippen molar-refractivity contribution in [2.45, 2.75) is 64.9 Å². The van der Waals surface area contributed by atoms with Gasteiger partial charge in [-0.3, -0.25) is 15.1 Å². The molecule has 3 N–H and O–H groups in total. The molecule has 2 atom stereocenters. The van der Waals surface area contributed by atoms with E-state index in [1.165, 1.54) is 6.07 Å². The molecule has 8 heteroatoms. The third kappa shape index (κ3) is 8.16. The van der Waals surface area contributed by atoms with E-state index in [2.05, 4.69) is 18.5 Å². The van der Waals surface area contributed by atoms with Gasteiger partial charge in [0.2, 0.25) is 0 Å². The lowest BCUT2D eigenvalue weighted by atomic mass is 10.0. The number of fused-ring (bicyclic) bond motifs is 1. The lowest BCUT2D eigenvalue weighted by Gasteiger charge is -2.26.